The fourth-order valence-corrected chi connectivity index (χ4v) is 3.33. The zero-order chi connectivity index (χ0) is 18.2. The van der Waals surface area contributed by atoms with Gasteiger partial charge >= 0.3 is 0 Å². The number of hydrogen-bond acceptors (Lipinski definition) is 5. The van der Waals surface area contributed by atoms with E-state index in [1.807, 2.05) is 13.8 Å². The molecule has 142 valence electrons. The van der Waals surface area contributed by atoms with E-state index in [1.165, 1.54) is 19.3 Å². The maximum absolute atomic E-state index is 12.2. The molecule has 1 fully saturated rings. The summed E-state index contributed by atoms with van der Waals surface area (Å²) in [6.07, 6.45) is 6.13. The fourth-order valence-electron chi connectivity index (χ4n) is 3.33. The summed E-state index contributed by atoms with van der Waals surface area (Å²) in [6, 6.07) is -0.491. The Morgan fingerprint density at radius 2 is 1.92 bits per heavy atom. The number of aliphatic hydroxyl groups is 3. The lowest BCUT2D eigenvalue weighted by Gasteiger charge is -2.31. The van der Waals surface area contributed by atoms with Gasteiger partial charge in [-0.15, -0.1) is 0 Å². The Labute approximate surface area is 145 Å². The van der Waals surface area contributed by atoms with Crippen LogP contribution >= 0.6 is 0 Å². The van der Waals surface area contributed by atoms with Gasteiger partial charge in [0.05, 0.1) is 12.7 Å². The summed E-state index contributed by atoms with van der Waals surface area (Å²) in [5.41, 5.74) is 4.09. The lowest BCUT2D eigenvalue weighted by molar-refractivity contribution is -0.148. The summed E-state index contributed by atoms with van der Waals surface area (Å²) in [7, 11) is 0. The molecule has 0 radical (unpaired) electrons. The molecular formula is C18H36N2O4. The maximum atomic E-state index is 12.2. The number of carbonyl (C=O) groups excluding carboxylic acids is 1. The summed E-state index contributed by atoms with van der Waals surface area (Å²) in [5.74, 6) is 0.294. The molecule has 0 heterocycles. The molecule has 6 nitrogen and oxygen atoms in total. The normalized spacial score (nSPS) is 21.3. The number of carbonyl (C=O) groups is 1. The molecule has 1 aliphatic carbocycles. The number of amides is 1. The third kappa shape index (κ3) is 7.05. The quantitative estimate of drug-likeness (QED) is 0.404. The Morgan fingerprint density at radius 3 is 2.46 bits per heavy atom. The summed E-state index contributed by atoms with van der Waals surface area (Å²) in [5, 5.41) is 32.8. The van der Waals surface area contributed by atoms with Crippen molar-refractivity contribution in [1.82, 2.24) is 5.32 Å². The summed E-state index contributed by atoms with van der Waals surface area (Å²) < 4.78 is 0. The second-order valence-corrected chi connectivity index (χ2v) is 7.80. The van der Waals surface area contributed by atoms with Crippen LogP contribution in [0.25, 0.3) is 0 Å². The molecule has 0 aromatic carbocycles. The molecule has 0 aromatic heterocycles. The maximum Gasteiger partial charge on any atom is 0.254 e. The Kier molecular flexibility index (Phi) is 9.19. The predicted octanol–water partition coefficient (Wildman–Crippen LogP) is 0.921. The monoisotopic (exact) mass is 344 g/mol. The van der Waals surface area contributed by atoms with Crippen molar-refractivity contribution in [2.24, 2.45) is 17.6 Å². The van der Waals surface area contributed by atoms with Crippen LogP contribution in [0, 0.1) is 11.8 Å². The highest BCUT2D eigenvalue weighted by Gasteiger charge is 2.39. The van der Waals surface area contributed by atoms with Gasteiger partial charge in [0.15, 0.2) is 5.60 Å². The second-order valence-electron chi connectivity index (χ2n) is 7.80. The standard InChI is InChI=1S/C18H36N2O4/c1-13(2)8-9-20-17(23)18(24,12-21)11-16(22)15(19)10-14-6-4-3-5-7-14/h13-16,21-22,24H,3-12,19H2,1-2H3,(H,20,23)/t15-,16-,18?/m0/s1. The summed E-state index contributed by atoms with van der Waals surface area (Å²) in [6.45, 7) is 3.79. The molecule has 6 heteroatoms. The highest BCUT2D eigenvalue weighted by molar-refractivity contribution is 5.85. The Morgan fingerprint density at radius 1 is 1.29 bits per heavy atom. The van der Waals surface area contributed by atoms with Gasteiger partial charge in [-0.05, 0) is 24.7 Å². The van der Waals surface area contributed by atoms with Crippen molar-refractivity contribution in [3.8, 4) is 0 Å². The lowest BCUT2D eigenvalue weighted by atomic mass is 9.82. The van der Waals surface area contributed by atoms with E-state index in [1.54, 1.807) is 0 Å². The molecule has 6 N–H and O–H groups in total. The van der Waals surface area contributed by atoms with Crippen LogP contribution in [0.4, 0.5) is 0 Å². The van der Waals surface area contributed by atoms with E-state index >= 15 is 0 Å². The Hall–Kier alpha value is -0.690. The number of hydrogen-bond donors (Lipinski definition) is 5. The van der Waals surface area contributed by atoms with Gasteiger partial charge in [-0.3, -0.25) is 4.79 Å². The number of aliphatic hydroxyl groups excluding tert-OH is 2. The molecule has 1 aliphatic rings. The minimum absolute atomic E-state index is 0.245. The number of nitrogens with one attached hydrogen (secondary N) is 1. The summed E-state index contributed by atoms with van der Waals surface area (Å²) >= 11 is 0. The highest BCUT2D eigenvalue weighted by atomic mass is 16.3. The first-order chi connectivity index (χ1) is 11.3. The molecule has 3 atom stereocenters. The topological polar surface area (TPSA) is 116 Å². The zero-order valence-electron chi connectivity index (χ0n) is 15.2. The van der Waals surface area contributed by atoms with Gasteiger partial charge < -0.3 is 26.4 Å². The van der Waals surface area contributed by atoms with Crippen molar-refractivity contribution >= 4 is 5.91 Å². The molecule has 1 amide bonds. The molecule has 1 rings (SSSR count). The molecule has 24 heavy (non-hydrogen) atoms. The minimum atomic E-state index is -1.99. The van der Waals surface area contributed by atoms with Gasteiger partial charge in [0, 0.05) is 19.0 Å². The average Bonchev–Trinajstić information content (AvgIpc) is 2.55. The third-order valence-electron chi connectivity index (χ3n) is 5.06. The van der Waals surface area contributed by atoms with Crippen LogP contribution < -0.4 is 11.1 Å². The number of nitrogens with two attached hydrogens (primary N) is 1. The van der Waals surface area contributed by atoms with Crippen LogP contribution in [0.2, 0.25) is 0 Å². The Bertz CT molecular complexity index is 372. The van der Waals surface area contributed by atoms with Crippen LogP contribution in [0.15, 0.2) is 0 Å². The molecule has 0 spiro atoms. The minimum Gasteiger partial charge on any atom is -0.393 e. The van der Waals surface area contributed by atoms with Crippen LogP contribution in [0.5, 0.6) is 0 Å². The molecule has 0 aromatic rings. The zero-order valence-corrected chi connectivity index (χ0v) is 15.2. The first-order valence-electron chi connectivity index (χ1n) is 9.33. The van der Waals surface area contributed by atoms with Crippen LogP contribution in [0.3, 0.4) is 0 Å². The van der Waals surface area contributed by atoms with Gasteiger partial charge in [0.1, 0.15) is 0 Å². The van der Waals surface area contributed by atoms with Crippen molar-refractivity contribution in [2.75, 3.05) is 13.2 Å². The largest absolute Gasteiger partial charge is 0.393 e. The summed E-state index contributed by atoms with van der Waals surface area (Å²) in [4.78, 5) is 12.2. The van der Waals surface area contributed by atoms with Gasteiger partial charge in [-0.2, -0.15) is 0 Å². The molecule has 0 bridgehead atoms. The predicted molar refractivity (Wildman–Crippen MR) is 94.3 cm³/mol. The van der Waals surface area contributed by atoms with E-state index < -0.39 is 30.3 Å². The molecule has 0 aliphatic heterocycles. The van der Waals surface area contributed by atoms with Gasteiger partial charge in [-0.1, -0.05) is 46.0 Å². The van der Waals surface area contributed by atoms with Gasteiger partial charge in [0.25, 0.3) is 5.91 Å². The van der Waals surface area contributed by atoms with E-state index in [-0.39, 0.29) is 6.42 Å². The second kappa shape index (κ2) is 10.3. The first kappa shape index (κ1) is 21.4. The molecule has 1 saturated carbocycles. The Balaban J connectivity index is 2.49. The molecular weight excluding hydrogens is 308 g/mol. The van der Waals surface area contributed by atoms with Gasteiger partial charge in [-0.25, -0.2) is 0 Å². The van der Waals surface area contributed by atoms with E-state index in [4.69, 9.17) is 5.73 Å². The van der Waals surface area contributed by atoms with Crippen LogP contribution in [0.1, 0.15) is 65.2 Å². The van der Waals surface area contributed by atoms with Crippen molar-refractivity contribution in [3.05, 3.63) is 0 Å². The smallest absolute Gasteiger partial charge is 0.254 e. The highest BCUT2D eigenvalue weighted by Crippen LogP contribution is 2.28. The van der Waals surface area contributed by atoms with Crippen molar-refractivity contribution < 1.29 is 20.1 Å². The molecule has 1 unspecified atom stereocenters. The van der Waals surface area contributed by atoms with Crippen LogP contribution in [-0.4, -0.2) is 52.1 Å². The fraction of sp³-hybridized carbons (Fsp3) is 0.944. The first-order valence-corrected chi connectivity index (χ1v) is 9.33. The van der Waals surface area contributed by atoms with Crippen molar-refractivity contribution in [2.45, 2.75) is 83.0 Å². The van der Waals surface area contributed by atoms with E-state index in [0.29, 0.717) is 24.8 Å². The van der Waals surface area contributed by atoms with Gasteiger partial charge in [0.2, 0.25) is 0 Å². The molecule has 0 saturated heterocycles. The van der Waals surface area contributed by atoms with Crippen molar-refractivity contribution in [3.63, 3.8) is 0 Å². The lowest BCUT2D eigenvalue weighted by Crippen LogP contribution is -2.54. The number of rotatable bonds is 10. The van der Waals surface area contributed by atoms with E-state index in [2.05, 4.69) is 5.32 Å². The van der Waals surface area contributed by atoms with E-state index in [0.717, 1.165) is 19.3 Å². The van der Waals surface area contributed by atoms with E-state index in [9.17, 15) is 20.1 Å². The average molecular weight is 344 g/mol. The van der Waals surface area contributed by atoms with Crippen LogP contribution in [-0.2, 0) is 4.79 Å². The SMILES string of the molecule is CC(C)CCNC(=O)C(O)(CO)C[C@H](O)[C@@H](N)CC1CCCCC1. The van der Waals surface area contributed by atoms with Crippen molar-refractivity contribution in [1.29, 1.82) is 0 Å². The third-order valence-corrected chi connectivity index (χ3v) is 5.06.